The SMILES string of the molecule is O=C(c1ccccc1Oc1ccccc1)N1CC[C@@H](Oc2ccccn2)C1. The minimum atomic E-state index is -0.0500. The quantitative estimate of drug-likeness (QED) is 0.685. The highest BCUT2D eigenvalue weighted by molar-refractivity contribution is 5.97. The number of likely N-dealkylation sites (tertiary alicyclic amines) is 1. The molecule has 1 fully saturated rings. The molecule has 5 nitrogen and oxygen atoms in total. The smallest absolute Gasteiger partial charge is 0.257 e. The molecule has 0 N–H and O–H groups in total. The van der Waals surface area contributed by atoms with Gasteiger partial charge in [0.05, 0.1) is 12.1 Å². The maximum Gasteiger partial charge on any atom is 0.257 e. The number of ether oxygens (including phenoxy) is 2. The maximum absolute atomic E-state index is 13.0. The third kappa shape index (κ3) is 4.08. The Kier molecular flexibility index (Phi) is 5.01. The second-order valence-electron chi connectivity index (χ2n) is 6.36. The van der Waals surface area contributed by atoms with Crippen LogP contribution in [-0.2, 0) is 0 Å². The molecule has 1 saturated heterocycles. The summed E-state index contributed by atoms with van der Waals surface area (Å²) < 4.78 is 11.8. The third-order valence-electron chi connectivity index (χ3n) is 4.45. The van der Waals surface area contributed by atoms with Crippen molar-refractivity contribution in [2.75, 3.05) is 13.1 Å². The van der Waals surface area contributed by atoms with Crippen LogP contribution in [0, 0.1) is 0 Å². The maximum atomic E-state index is 13.0. The van der Waals surface area contributed by atoms with E-state index in [1.54, 1.807) is 17.2 Å². The molecule has 4 rings (SSSR count). The molecule has 27 heavy (non-hydrogen) atoms. The monoisotopic (exact) mass is 360 g/mol. The lowest BCUT2D eigenvalue weighted by Gasteiger charge is -2.19. The van der Waals surface area contributed by atoms with E-state index in [2.05, 4.69) is 4.98 Å². The van der Waals surface area contributed by atoms with Gasteiger partial charge in [0.25, 0.3) is 5.91 Å². The molecule has 1 atom stereocenters. The van der Waals surface area contributed by atoms with E-state index in [9.17, 15) is 4.79 Å². The predicted molar refractivity (Wildman–Crippen MR) is 102 cm³/mol. The zero-order chi connectivity index (χ0) is 18.5. The van der Waals surface area contributed by atoms with Crippen molar-refractivity contribution in [1.29, 1.82) is 0 Å². The second kappa shape index (κ2) is 7.91. The van der Waals surface area contributed by atoms with Crippen LogP contribution in [0.15, 0.2) is 79.0 Å². The molecule has 2 aromatic carbocycles. The first kappa shape index (κ1) is 17.1. The van der Waals surface area contributed by atoms with Gasteiger partial charge < -0.3 is 14.4 Å². The number of nitrogens with zero attached hydrogens (tertiary/aromatic N) is 2. The van der Waals surface area contributed by atoms with Crippen molar-refractivity contribution in [1.82, 2.24) is 9.88 Å². The molecule has 0 unspecified atom stereocenters. The highest BCUT2D eigenvalue weighted by atomic mass is 16.5. The number of pyridine rings is 1. The Bertz CT molecular complexity index is 900. The molecule has 0 aliphatic carbocycles. The van der Waals surface area contributed by atoms with Crippen molar-refractivity contribution >= 4 is 5.91 Å². The molecule has 0 bridgehead atoms. The summed E-state index contributed by atoms with van der Waals surface area (Å²) in [6.07, 6.45) is 2.43. The van der Waals surface area contributed by atoms with Crippen LogP contribution < -0.4 is 9.47 Å². The summed E-state index contributed by atoms with van der Waals surface area (Å²) in [5.41, 5.74) is 0.555. The van der Waals surface area contributed by atoms with Gasteiger partial charge in [-0.1, -0.05) is 36.4 Å². The topological polar surface area (TPSA) is 51.7 Å². The number of rotatable bonds is 5. The summed E-state index contributed by atoms with van der Waals surface area (Å²) in [6, 6.07) is 22.4. The van der Waals surface area contributed by atoms with Gasteiger partial charge in [0.1, 0.15) is 17.6 Å². The normalized spacial score (nSPS) is 16.1. The Morgan fingerprint density at radius 1 is 0.963 bits per heavy atom. The molecule has 0 saturated carbocycles. The molecular formula is C22H20N2O3. The largest absolute Gasteiger partial charge is 0.472 e. The predicted octanol–water partition coefficient (Wildman–Crippen LogP) is 4.17. The minimum absolute atomic E-state index is 0.0475. The van der Waals surface area contributed by atoms with Crippen molar-refractivity contribution < 1.29 is 14.3 Å². The van der Waals surface area contributed by atoms with Crippen LogP contribution in [0.2, 0.25) is 0 Å². The van der Waals surface area contributed by atoms with Gasteiger partial charge in [0, 0.05) is 25.2 Å². The number of hydrogen-bond donors (Lipinski definition) is 0. The number of carbonyl (C=O) groups excluding carboxylic acids is 1. The highest BCUT2D eigenvalue weighted by Gasteiger charge is 2.30. The van der Waals surface area contributed by atoms with Gasteiger partial charge in [0.2, 0.25) is 5.88 Å². The van der Waals surface area contributed by atoms with E-state index in [4.69, 9.17) is 9.47 Å². The minimum Gasteiger partial charge on any atom is -0.472 e. The van der Waals surface area contributed by atoms with Crippen LogP contribution in [0.25, 0.3) is 0 Å². The molecule has 2 heterocycles. The molecule has 1 aliphatic rings. The first-order valence-corrected chi connectivity index (χ1v) is 8.98. The highest BCUT2D eigenvalue weighted by Crippen LogP contribution is 2.27. The van der Waals surface area contributed by atoms with Crippen molar-refractivity contribution in [3.05, 3.63) is 84.6 Å². The van der Waals surface area contributed by atoms with E-state index in [0.29, 0.717) is 36.0 Å². The van der Waals surface area contributed by atoms with Crippen molar-refractivity contribution in [3.63, 3.8) is 0 Å². The number of aromatic nitrogens is 1. The first-order chi connectivity index (χ1) is 13.3. The van der Waals surface area contributed by atoms with Crippen LogP contribution in [0.4, 0.5) is 0 Å². The molecule has 3 aromatic rings. The molecular weight excluding hydrogens is 340 g/mol. The average molecular weight is 360 g/mol. The fourth-order valence-electron chi connectivity index (χ4n) is 3.11. The Hall–Kier alpha value is -3.34. The second-order valence-corrected chi connectivity index (χ2v) is 6.36. The summed E-state index contributed by atoms with van der Waals surface area (Å²) in [5, 5.41) is 0. The fourth-order valence-corrected chi connectivity index (χ4v) is 3.11. The van der Waals surface area contributed by atoms with Crippen LogP contribution in [0.1, 0.15) is 16.8 Å². The Balaban J connectivity index is 1.46. The Morgan fingerprint density at radius 2 is 1.74 bits per heavy atom. The number of amides is 1. The van der Waals surface area contributed by atoms with Crippen LogP contribution >= 0.6 is 0 Å². The molecule has 1 aliphatic heterocycles. The van der Waals surface area contributed by atoms with Gasteiger partial charge in [-0.25, -0.2) is 4.98 Å². The molecule has 0 spiro atoms. The van der Waals surface area contributed by atoms with E-state index in [-0.39, 0.29) is 12.0 Å². The summed E-state index contributed by atoms with van der Waals surface area (Å²) in [4.78, 5) is 19.0. The van der Waals surface area contributed by atoms with E-state index < -0.39 is 0 Å². The lowest BCUT2D eigenvalue weighted by molar-refractivity contribution is 0.0768. The van der Waals surface area contributed by atoms with Gasteiger partial charge in [-0.2, -0.15) is 0 Å². The number of para-hydroxylation sites is 2. The zero-order valence-electron chi connectivity index (χ0n) is 14.8. The van der Waals surface area contributed by atoms with E-state index in [1.807, 2.05) is 66.7 Å². The molecule has 5 heteroatoms. The number of carbonyl (C=O) groups is 1. The van der Waals surface area contributed by atoms with E-state index >= 15 is 0 Å². The average Bonchev–Trinajstić information content (AvgIpc) is 3.18. The van der Waals surface area contributed by atoms with Gasteiger partial charge in [0.15, 0.2) is 0 Å². The van der Waals surface area contributed by atoms with Crippen molar-refractivity contribution in [2.24, 2.45) is 0 Å². The van der Waals surface area contributed by atoms with Gasteiger partial charge >= 0.3 is 0 Å². The zero-order valence-corrected chi connectivity index (χ0v) is 14.8. The summed E-state index contributed by atoms with van der Waals surface area (Å²) >= 11 is 0. The fraction of sp³-hybridized carbons (Fsp3) is 0.182. The summed E-state index contributed by atoms with van der Waals surface area (Å²) in [5.74, 6) is 1.80. The van der Waals surface area contributed by atoms with Crippen LogP contribution in [0.5, 0.6) is 17.4 Å². The molecule has 1 amide bonds. The van der Waals surface area contributed by atoms with Crippen molar-refractivity contribution in [2.45, 2.75) is 12.5 Å². The number of benzene rings is 2. The summed E-state index contributed by atoms with van der Waals surface area (Å²) in [6.45, 7) is 1.19. The van der Waals surface area contributed by atoms with Gasteiger partial charge in [-0.3, -0.25) is 4.79 Å². The Labute approximate surface area is 158 Å². The third-order valence-corrected chi connectivity index (χ3v) is 4.45. The van der Waals surface area contributed by atoms with Gasteiger partial charge in [-0.15, -0.1) is 0 Å². The molecule has 1 aromatic heterocycles. The van der Waals surface area contributed by atoms with Gasteiger partial charge in [-0.05, 0) is 30.3 Å². The van der Waals surface area contributed by atoms with E-state index in [0.717, 1.165) is 6.42 Å². The van der Waals surface area contributed by atoms with Crippen LogP contribution in [0.3, 0.4) is 0 Å². The van der Waals surface area contributed by atoms with E-state index in [1.165, 1.54) is 0 Å². The first-order valence-electron chi connectivity index (χ1n) is 8.98. The standard InChI is InChI=1S/C22H20N2O3/c25-22(24-15-13-18(16-24)27-21-12-6-7-14-23-21)19-10-4-5-11-20(19)26-17-8-2-1-3-9-17/h1-12,14,18H,13,15-16H2/t18-/m1/s1. The molecule has 136 valence electrons. The van der Waals surface area contributed by atoms with Crippen molar-refractivity contribution in [3.8, 4) is 17.4 Å². The lowest BCUT2D eigenvalue weighted by atomic mass is 10.1. The summed E-state index contributed by atoms with van der Waals surface area (Å²) in [7, 11) is 0. The van der Waals surface area contributed by atoms with Crippen LogP contribution in [-0.4, -0.2) is 35.0 Å². The Morgan fingerprint density at radius 3 is 2.56 bits per heavy atom. The number of hydrogen-bond acceptors (Lipinski definition) is 4. The molecule has 0 radical (unpaired) electrons. The lowest BCUT2D eigenvalue weighted by Crippen LogP contribution is -2.31.